The maximum Gasteiger partial charge on any atom is 0.233 e. The van der Waals surface area contributed by atoms with E-state index in [2.05, 4.69) is 16.8 Å². The third-order valence-electron chi connectivity index (χ3n) is 5.83. The third-order valence-corrected chi connectivity index (χ3v) is 6.08. The first-order valence-corrected chi connectivity index (χ1v) is 8.72. The van der Waals surface area contributed by atoms with Crippen LogP contribution in [0.2, 0.25) is 5.02 Å². The number of halogens is 1. The smallest absolute Gasteiger partial charge is 0.233 e. The number of fused-ring (bicyclic) bond motifs is 4. The summed E-state index contributed by atoms with van der Waals surface area (Å²) < 4.78 is 0. The van der Waals surface area contributed by atoms with Crippen LogP contribution in [0, 0.1) is 5.92 Å². The van der Waals surface area contributed by atoms with Gasteiger partial charge in [0, 0.05) is 30.7 Å². The van der Waals surface area contributed by atoms with Gasteiger partial charge in [0.2, 0.25) is 5.91 Å². The molecule has 2 atom stereocenters. The van der Waals surface area contributed by atoms with Crippen LogP contribution in [0.1, 0.15) is 31.2 Å². The van der Waals surface area contributed by atoms with Crippen molar-refractivity contribution in [3.05, 3.63) is 34.9 Å². The second kappa shape index (κ2) is 5.24. The summed E-state index contributed by atoms with van der Waals surface area (Å²) in [6.45, 7) is 2.98. The Balaban J connectivity index is 1.58. The molecule has 4 fully saturated rings. The molecule has 118 valence electrons. The van der Waals surface area contributed by atoms with Gasteiger partial charge in [-0.25, -0.2) is 0 Å². The number of likely N-dealkylation sites (N-methyl/N-ethyl adjacent to an activating group) is 1. The van der Waals surface area contributed by atoms with Crippen LogP contribution in [-0.4, -0.2) is 48.4 Å². The molecule has 0 aromatic heterocycles. The van der Waals surface area contributed by atoms with Crippen molar-refractivity contribution in [2.24, 2.45) is 5.92 Å². The Morgan fingerprint density at radius 1 is 1.14 bits per heavy atom. The number of nitrogens with zero attached hydrogens (tertiary/aromatic N) is 2. The molecule has 0 spiro atoms. The van der Waals surface area contributed by atoms with E-state index in [-0.39, 0.29) is 5.41 Å². The summed E-state index contributed by atoms with van der Waals surface area (Å²) in [7, 11) is 2.21. The molecule has 3 aliphatic heterocycles. The largest absolute Gasteiger partial charge is 0.340 e. The van der Waals surface area contributed by atoms with Crippen LogP contribution in [0.25, 0.3) is 0 Å². The highest BCUT2D eigenvalue weighted by Crippen LogP contribution is 2.50. The molecule has 4 heteroatoms. The normalized spacial score (nSPS) is 30.2. The number of carbonyl (C=O) groups excluding carboxylic acids is 1. The first-order chi connectivity index (χ1) is 10.6. The van der Waals surface area contributed by atoms with Gasteiger partial charge < -0.3 is 9.80 Å². The Morgan fingerprint density at radius 3 is 2.50 bits per heavy atom. The summed E-state index contributed by atoms with van der Waals surface area (Å²) in [4.78, 5) is 17.8. The molecular weight excluding hydrogens is 296 g/mol. The first kappa shape index (κ1) is 14.5. The number of hydrogen-bond acceptors (Lipinski definition) is 2. The maximum absolute atomic E-state index is 13.2. The van der Waals surface area contributed by atoms with Crippen molar-refractivity contribution in [3.8, 4) is 0 Å². The summed E-state index contributed by atoms with van der Waals surface area (Å²) in [6, 6.07) is 8.43. The lowest BCUT2D eigenvalue weighted by molar-refractivity contribution is -0.134. The lowest BCUT2D eigenvalue weighted by atomic mass is 9.94. The second-order valence-corrected chi connectivity index (χ2v) is 7.77. The van der Waals surface area contributed by atoms with Crippen molar-refractivity contribution in [2.75, 3.05) is 26.7 Å². The van der Waals surface area contributed by atoms with Crippen molar-refractivity contribution in [2.45, 2.75) is 37.1 Å². The standard InChI is InChI=1S/C18H23ClN2O/c1-20-10-13-2-7-16(20)12-21(11-13)17(22)18(8-9-18)14-3-5-15(19)6-4-14/h3-6,13,16H,2,7-12H2,1H3/t13-,16-/m1/s1. The van der Waals surface area contributed by atoms with Crippen LogP contribution >= 0.6 is 11.6 Å². The number of amides is 1. The highest BCUT2D eigenvalue weighted by Gasteiger charge is 2.54. The summed E-state index contributed by atoms with van der Waals surface area (Å²) in [5.74, 6) is 0.996. The highest BCUT2D eigenvalue weighted by atomic mass is 35.5. The molecule has 1 aromatic carbocycles. The SMILES string of the molecule is CN1C[C@H]2CC[C@@H]1CN(C(=O)C1(c3ccc(Cl)cc3)CC1)C2. The molecule has 3 saturated heterocycles. The molecule has 2 bridgehead atoms. The second-order valence-electron chi connectivity index (χ2n) is 7.34. The van der Waals surface area contributed by atoms with Gasteiger partial charge in [-0.15, -0.1) is 0 Å². The molecule has 1 amide bonds. The summed E-state index contributed by atoms with van der Waals surface area (Å²) in [5.41, 5.74) is 0.888. The predicted octanol–water partition coefficient (Wildman–Crippen LogP) is 2.92. The van der Waals surface area contributed by atoms with E-state index in [0.29, 0.717) is 17.9 Å². The van der Waals surface area contributed by atoms with E-state index in [1.165, 1.54) is 12.8 Å². The fraction of sp³-hybridized carbons (Fsp3) is 0.611. The van der Waals surface area contributed by atoms with Crippen molar-refractivity contribution in [1.29, 1.82) is 0 Å². The minimum Gasteiger partial charge on any atom is -0.340 e. The Bertz CT molecular complexity index is 581. The van der Waals surface area contributed by atoms with Crippen molar-refractivity contribution >= 4 is 17.5 Å². The number of hydrogen-bond donors (Lipinski definition) is 0. The lowest BCUT2D eigenvalue weighted by Crippen LogP contribution is -2.44. The van der Waals surface area contributed by atoms with E-state index in [1.807, 2.05) is 24.3 Å². The van der Waals surface area contributed by atoms with Gasteiger partial charge in [0.1, 0.15) is 0 Å². The minimum atomic E-state index is -0.257. The fourth-order valence-electron chi connectivity index (χ4n) is 4.30. The zero-order valence-electron chi connectivity index (χ0n) is 13.1. The average Bonchev–Trinajstić information content (AvgIpc) is 3.32. The molecule has 1 aromatic rings. The van der Waals surface area contributed by atoms with E-state index in [4.69, 9.17) is 11.6 Å². The van der Waals surface area contributed by atoms with Gasteiger partial charge >= 0.3 is 0 Å². The molecule has 0 N–H and O–H groups in total. The van der Waals surface area contributed by atoms with Crippen molar-refractivity contribution in [1.82, 2.24) is 9.80 Å². The van der Waals surface area contributed by atoms with Crippen molar-refractivity contribution < 1.29 is 4.79 Å². The molecule has 1 aliphatic carbocycles. The summed E-state index contributed by atoms with van der Waals surface area (Å²) in [5, 5.41) is 0.737. The van der Waals surface area contributed by atoms with Gasteiger partial charge in [-0.3, -0.25) is 4.79 Å². The fourth-order valence-corrected chi connectivity index (χ4v) is 4.43. The highest BCUT2D eigenvalue weighted by molar-refractivity contribution is 6.30. The zero-order valence-corrected chi connectivity index (χ0v) is 13.9. The number of piperidine rings is 1. The van der Waals surface area contributed by atoms with Crippen LogP contribution in [0.5, 0.6) is 0 Å². The van der Waals surface area contributed by atoms with E-state index in [0.717, 1.165) is 43.1 Å². The third kappa shape index (κ3) is 2.35. The Morgan fingerprint density at radius 2 is 1.86 bits per heavy atom. The van der Waals surface area contributed by atoms with Crippen molar-refractivity contribution in [3.63, 3.8) is 0 Å². The molecular formula is C18H23ClN2O. The quantitative estimate of drug-likeness (QED) is 0.837. The summed E-state index contributed by atoms with van der Waals surface area (Å²) in [6.07, 6.45) is 4.47. The van der Waals surface area contributed by atoms with Crippen LogP contribution in [0.4, 0.5) is 0 Å². The van der Waals surface area contributed by atoms with Gasteiger partial charge in [0.25, 0.3) is 0 Å². The Labute approximate surface area is 137 Å². The molecule has 4 aliphatic rings. The predicted molar refractivity (Wildman–Crippen MR) is 88.1 cm³/mol. The molecule has 3 heterocycles. The molecule has 22 heavy (non-hydrogen) atoms. The lowest BCUT2D eigenvalue weighted by Gasteiger charge is -2.32. The van der Waals surface area contributed by atoms with Gasteiger partial charge in [-0.1, -0.05) is 23.7 Å². The van der Waals surface area contributed by atoms with E-state index < -0.39 is 0 Å². The maximum atomic E-state index is 13.2. The summed E-state index contributed by atoms with van der Waals surface area (Å²) >= 11 is 5.99. The van der Waals surface area contributed by atoms with Crippen LogP contribution < -0.4 is 0 Å². The van der Waals surface area contributed by atoms with Gasteiger partial charge in [-0.05, 0) is 56.3 Å². The zero-order chi connectivity index (χ0) is 15.3. The van der Waals surface area contributed by atoms with Gasteiger partial charge in [-0.2, -0.15) is 0 Å². The van der Waals surface area contributed by atoms with E-state index in [1.54, 1.807) is 0 Å². The van der Waals surface area contributed by atoms with E-state index in [9.17, 15) is 4.79 Å². The number of rotatable bonds is 2. The number of carbonyl (C=O) groups is 1. The minimum absolute atomic E-state index is 0.257. The van der Waals surface area contributed by atoms with Crippen LogP contribution in [0.15, 0.2) is 24.3 Å². The molecule has 0 radical (unpaired) electrons. The molecule has 1 saturated carbocycles. The van der Waals surface area contributed by atoms with Gasteiger partial charge in [0.05, 0.1) is 5.41 Å². The van der Waals surface area contributed by atoms with Gasteiger partial charge in [0.15, 0.2) is 0 Å². The number of benzene rings is 1. The first-order valence-electron chi connectivity index (χ1n) is 8.34. The molecule has 0 unspecified atom stereocenters. The van der Waals surface area contributed by atoms with E-state index >= 15 is 0 Å². The molecule has 3 nitrogen and oxygen atoms in total. The average molecular weight is 319 g/mol. The topological polar surface area (TPSA) is 23.6 Å². The molecule has 5 rings (SSSR count). The van der Waals surface area contributed by atoms with Crippen LogP contribution in [-0.2, 0) is 10.2 Å². The van der Waals surface area contributed by atoms with Crippen LogP contribution in [0.3, 0.4) is 0 Å². The Kier molecular flexibility index (Phi) is 3.46. The Hall–Kier alpha value is -1.06. The monoisotopic (exact) mass is 318 g/mol.